The van der Waals surface area contributed by atoms with Gasteiger partial charge in [0.15, 0.2) is 11.5 Å². The van der Waals surface area contributed by atoms with Crippen LogP contribution < -0.4 is 14.8 Å². The molecule has 1 N–H and O–H groups in total. The van der Waals surface area contributed by atoms with Gasteiger partial charge in [0.1, 0.15) is 0 Å². The number of ether oxygens (including phenoxy) is 2. The Morgan fingerprint density at radius 3 is 2.48 bits per heavy atom. The predicted molar refractivity (Wildman–Crippen MR) is 87.1 cm³/mol. The molecule has 1 aromatic rings. The number of hydrogen-bond donors (Lipinski definition) is 1. The maximum absolute atomic E-state index is 6.31. The third-order valence-corrected chi connectivity index (χ3v) is 3.93. The Bertz CT molecular complexity index is 445. The normalized spacial score (nSPS) is 16.8. The van der Waals surface area contributed by atoms with E-state index in [4.69, 9.17) is 9.47 Å². The molecule has 0 bridgehead atoms. The molecule has 0 radical (unpaired) electrons. The molecule has 1 aromatic carbocycles. The molecule has 0 amide bonds. The third-order valence-electron chi connectivity index (χ3n) is 3.93. The molecule has 118 valence electrons. The largest absolute Gasteiger partial charge is 0.493 e. The molecule has 3 heteroatoms. The third kappa shape index (κ3) is 4.92. The maximum Gasteiger partial charge on any atom is 0.166 e. The van der Waals surface area contributed by atoms with E-state index in [0.717, 1.165) is 30.9 Å². The molecule has 0 heterocycles. The van der Waals surface area contributed by atoms with Crippen LogP contribution >= 0.6 is 0 Å². The minimum Gasteiger partial charge on any atom is -0.493 e. The highest BCUT2D eigenvalue weighted by molar-refractivity contribution is 5.46. The summed E-state index contributed by atoms with van der Waals surface area (Å²) >= 11 is 0. The van der Waals surface area contributed by atoms with Crippen LogP contribution in [0.25, 0.3) is 0 Å². The van der Waals surface area contributed by atoms with Crippen LogP contribution in [0.5, 0.6) is 11.5 Å². The molecule has 21 heavy (non-hydrogen) atoms. The van der Waals surface area contributed by atoms with Crippen molar-refractivity contribution in [3.63, 3.8) is 0 Å². The van der Waals surface area contributed by atoms with E-state index in [0.29, 0.717) is 6.10 Å². The zero-order chi connectivity index (χ0) is 15.3. The van der Waals surface area contributed by atoms with Gasteiger partial charge in [0.2, 0.25) is 0 Å². The molecular weight excluding hydrogens is 262 g/mol. The van der Waals surface area contributed by atoms with Gasteiger partial charge in [-0.1, -0.05) is 18.6 Å². The maximum atomic E-state index is 6.31. The van der Waals surface area contributed by atoms with Gasteiger partial charge in [0.25, 0.3) is 0 Å². The molecule has 0 spiro atoms. The van der Waals surface area contributed by atoms with Gasteiger partial charge in [-0.15, -0.1) is 0 Å². The monoisotopic (exact) mass is 291 g/mol. The summed E-state index contributed by atoms with van der Waals surface area (Å²) in [6.45, 7) is 7.32. The zero-order valence-corrected chi connectivity index (χ0v) is 13.9. The average molecular weight is 291 g/mol. The Balaban J connectivity index is 2.14. The minimum absolute atomic E-state index is 0.0885. The fourth-order valence-electron chi connectivity index (χ4n) is 2.71. The number of methoxy groups -OCH3 is 1. The van der Waals surface area contributed by atoms with Crippen LogP contribution in [0.4, 0.5) is 0 Å². The fourth-order valence-corrected chi connectivity index (χ4v) is 2.71. The number of nitrogens with one attached hydrogen (secondary N) is 1. The topological polar surface area (TPSA) is 30.5 Å². The van der Waals surface area contributed by atoms with E-state index in [1.807, 2.05) is 12.1 Å². The molecule has 1 aliphatic carbocycles. The highest BCUT2D eigenvalue weighted by Crippen LogP contribution is 2.34. The molecule has 1 aliphatic rings. The molecule has 2 rings (SSSR count). The quantitative estimate of drug-likeness (QED) is 0.877. The highest BCUT2D eigenvalue weighted by atomic mass is 16.5. The first-order valence-electron chi connectivity index (χ1n) is 8.07. The van der Waals surface area contributed by atoms with Crippen LogP contribution in [0.1, 0.15) is 58.4 Å². The van der Waals surface area contributed by atoms with Crippen molar-refractivity contribution in [1.29, 1.82) is 0 Å². The van der Waals surface area contributed by atoms with Gasteiger partial charge in [-0.05, 0) is 52.5 Å². The SMILES string of the molecule is COc1cccc(CNC(C)(C)C)c1OC1CCCCC1. The summed E-state index contributed by atoms with van der Waals surface area (Å²) in [4.78, 5) is 0. The fraction of sp³-hybridized carbons (Fsp3) is 0.667. The van der Waals surface area contributed by atoms with Crippen LogP contribution in [0.2, 0.25) is 0 Å². The first-order valence-corrected chi connectivity index (χ1v) is 8.07. The summed E-state index contributed by atoms with van der Waals surface area (Å²) in [7, 11) is 1.71. The van der Waals surface area contributed by atoms with Crippen molar-refractivity contribution in [2.45, 2.75) is 71.1 Å². The summed E-state index contributed by atoms with van der Waals surface area (Å²) in [5, 5.41) is 3.53. The van der Waals surface area contributed by atoms with E-state index in [1.165, 1.54) is 24.8 Å². The van der Waals surface area contributed by atoms with Crippen LogP contribution in [0, 0.1) is 0 Å². The van der Waals surface area contributed by atoms with Gasteiger partial charge in [0, 0.05) is 17.6 Å². The van der Waals surface area contributed by atoms with E-state index in [-0.39, 0.29) is 5.54 Å². The standard InChI is InChI=1S/C18H29NO2/c1-18(2,3)19-13-14-9-8-12-16(20-4)17(14)21-15-10-6-5-7-11-15/h8-9,12,15,19H,5-7,10-11,13H2,1-4H3. The summed E-state index contributed by atoms with van der Waals surface area (Å²) in [6, 6.07) is 6.14. The van der Waals surface area contributed by atoms with Gasteiger partial charge < -0.3 is 14.8 Å². The lowest BCUT2D eigenvalue weighted by atomic mass is 9.97. The highest BCUT2D eigenvalue weighted by Gasteiger charge is 2.20. The van der Waals surface area contributed by atoms with E-state index < -0.39 is 0 Å². The Kier molecular flexibility index (Phi) is 5.51. The van der Waals surface area contributed by atoms with Crippen molar-refractivity contribution >= 4 is 0 Å². The van der Waals surface area contributed by atoms with Crippen molar-refractivity contribution in [3.8, 4) is 11.5 Å². The molecule has 0 aromatic heterocycles. The van der Waals surface area contributed by atoms with Crippen molar-refractivity contribution in [1.82, 2.24) is 5.32 Å². The number of rotatable bonds is 5. The second kappa shape index (κ2) is 7.17. The van der Waals surface area contributed by atoms with Crippen molar-refractivity contribution in [2.24, 2.45) is 0 Å². The Morgan fingerprint density at radius 1 is 1.14 bits per heavy atom. The van der Waals surface area contributed by atoms with Crippen molar-refractivity contribution in [3.05, 3.63) is 23.8 Å². The molecule has 1 saturated carbocycles. The second-order valence-corrected chi connectivity index (χ2v) is 6.93. The lowest BCUT2D eigenvalue weighted by molar-refractivity contribution is 0.147. The number of benzene rings is 1. The summed E-state index contributed by atoms with van der Waals surface area (Å²) in [5.74, 6) is 1.76. The molecular formula is C18H29NO2. The van der Waals surface area contributed by atoms with Gasteiger partial charge in [0.05, 0.1) is 13.2 Å². The van der Waals surface area contributed by atoms with Crippen LogP contribution in [-0.4, -0.2) is 18.8 Å². The summed E-state index contributed by atoms with van der Waals surface area (Å²) in [5.41, 5.74) is 1.26. The second-order valence-electron chi connectivity index (χ2n) is 6.93. The van der Waals surface area contributed by atoms with E-state index in [2.05, 4.69) is 32.2 Å². The van der Waals surface area contributed by atoms with Crippen molar-refractivity contribution in [2.75, 3.05) is 7.11 Å². The van der Waals surface area contributed by atoms with Gasteiger partial charge >= 0.3 is 0 Å². The van der Waals surface area contributed by atoms with Crippen LogP contribution in [0.3, 0.4) is 0 Å². The van der Waals surface area contributed by atoms with Gasteiger partial charge in [-0.25, -0.2) is 0 Å². The summed E-state index contributed by atoms with van der Waals surface area (Å²) < 4.78 is 11.8. The number of hydrogen-bond acceptors (Lipinski definition) is 3. The molecule has 3 nitrogen and oxygen atoms in total. The smallest absolute Gasteiger partial charge is 0.166 e. The Morgan fingerprint density at radius 2 is 1.86 bits per heavy atom. The van der Waals surface area contributed by atoms with Gasteiger partial charge in [-0.2, -0.15) is 0 Å². The molecule has 1 fully saturated rings. The lowest BCUT2D eigenvalue weighted by Gasteiger charge is -2.27. The first-order chi connectivity index (χ1) is 9.99. The van der Waals surface area contributed by atoms with E-state index in [1.54, 1.807) is 7.11 Å². The van der Waals surface area contributed by atoms with Crippen LogP contribution in [0.15, 0.2) is 18.2 Å². The van der Waals surface area contributed by atoms with Crippen molar-refractivity contribution < 1.29 is 9.47 Å². The summed E-state index contributed by atoms with van der Waals surface area (Å²) in [6.07, 6.45) is 6.53. The van der Waals surface area contributed by atoms with E-state index in [9.17, 15) is 0 Å². The molecule has 0 aliphatic heterocycles. The predicted octanol–water partition coefficient (Wildman–Crippen LogP) is 4.29. The number of para-hydroxylation sites is 1. The average Bonchev–Trinajstić information content (AvgIpc) is 2.46. The van der Waals surface area contributed by atoms with Crippen LogP contribution in [-0.2, 0) is 6.54 Å². The molecule has 0 unspecified atom stereocenters. The van der Waals surface area contributed by atoms with E-state index >= 15 is 0 Å². The molecule has 0 atom stereocenters. The Hall–Kier alpha value is -1.22. The lowest BCUT2D eigenvalue weighted by Crippen LogP contribution is -2.35. The first kappa shape index (κ1) is 16.2. The van der Waals surface area contributed by atoms with Gasteiger partial charge in [-0.3, -0.25) is 0 Å². The minimum atomic E-state index is 0.0885. The zero-order valence-electron chi connectivity index (χ0n) is 13.9. The molecule has 0 saturated heterocycles. The Labute approximate surface area is 129 Å².